The molecule has 8 heteroatoms. The van der Waals surface area contributed by atoms with Crippen LogP contribution in [0.1, 0.15) is 6.92 Å². The fourth-order valence-electron chi connectivity index (χ4n) is 2.26. The minimum absolute atomic E-state index is 0.369. The number of amides is 1. The number of hydrogen-bond acceptors (Lipinski definition) is 3. The van der Waals surface area contributed by atoms with Gasteiger partial charge in [-0.1, -0.05) is 41.4 Å². The summed E-state index contributed by atoms with van der Waals surface area (Å²) >= 11 is 11.8. The molecule has 0 aliphatic heterocycles. The van der Waals surface area contributed by atoms with Crippen LogP contribution in [0.25, 0.3) is 0 Å². The average molecular weight is 387 g/mol. The van der Waals surface area contributed by atoms with Crippen molar-refractivity contribution in [2.75, 3.05) is 15.9 Å². The van der Waals surface area contributed by atoms with Crippen LogP contribution in [0.15, 0.2) is 48.5 Å². The van der Waals surface area contributed by atoms with Gasteiger partial charge in [0, 0.05) is 15.7 Å². The molecule has 1 N–H and O–H groups in total. The summed E-state index contributed by atoms with van der Waals surface area (Å²) in [4.78, 5) is 12.5. The fraction of sp³-hybridized carbons (Fsp3) is 0.188. The third-order valence-corrected chi connectivity index (χ3v) is 4.91. The molecule has 2 aromatic rings. The number of halogens is 2. The Morgan fingerprint density at radius 2 is 1.62 bits per heavy atom. The van der Waals surface area contributed by atoms with E-state index in [1.165, 1.54) is 25.1 Å². The number of anilines is 2. The van der Waals surface area contributed by atoms with Gasteiger partial charge in [0.1, 0.15) is 6.04 Å². The van der Waals surface area contributed by atoms with Crippen molar-refractivity contribution in [3.8, 4) is 0 Å². The van der Waals surface area contributed by atoms with Crippen LogP contribution < -0.4 is 9.62 Å². The van der Waals surface area contributed by atoms with Crippen LogP contribution >= 0.6 is 23.2 Å². The summed E-state index contributed by atoms with van der Waals surface area (Å²) in [6.07, 6.45) is 1.06. The lowest BCUT2D eigenvalue weighted by Gasteiger charge is -2.28. The first kappa shape index (κ1) is 18.6. The second-order valence-electron chi connectivity index (χ2n) is 5.22. The Morgan fingerprint density at radius 1 is 1.08 bits per heavy atom. The molecule has 0 saturated carbocycles. The number of nitrogens with zero attached hydrogens (tertiary/aromatic N) is 1. The molecular formula is C16H16Cl2N2O3S. The molecule has 0 spiro atoms. The lowest BCUT2D eigenvalue weighted by atomic mass is 10.2. The third-order valence-electron chi connectivity index (χ3n) is 3.23. The Hall–Kier alpha value is -1.76. The Balaban J connectivity index is 2.29. The number of rotatable bonds is 5. The van der Waals surface area contributed by atoms with Gasteiger partial charge in [-0.15, -0.1) is 0 Å². The van der Waals surface area contributed by atoms with Crippen LogP contribution in [0.3, 0.4) is 0 Å². The summed E-state index contributed by atoms with van der Waals surface area (Å²) in [5.74, 6) is -0.498. The van der Waals surface area contributed by atoms with E-state index in [4.69, 9.17) is 23.2 Å². The topological polar surface area (TPSA) is 66.5 Å². The van der Waals surface area contributed by atoms with Crippen molar-refractivity contribution < 1.29 is 13.2 Å². The highest BCUT2D eigenvalue weighted by molar-refractivity contribution is 7.92. The SMILES string of the molecule is C[C@H](C(=O)Nc1cc(Cl)cc(Cl)c1)N(c1ccccc1)S(C)(=O)=O. The van der Waals surface area contributed by atoms with Crippen LogP contribution in [0.4, 0.5) is 11.4 Å². The Labute approximate surface area is 151 Å². The third kappa shape index (κ3) is 4.63. The predicted molar refractivity (Wildman–Crippen MR) is 98.3 cm³/mol. The molecule has 2 aromatic carbocycles. The highest BCUT2D eigenvalue weighted by atomic mass is 35.5. The first-order chi connectivity index (χ1) is 11.2. The quantitative estimate of drug-likeness (QED) is 0.849. The molecule has 0 aromatic heterocycles. The van der Waals surface area contributed by atoms with Gasteiger partial charge in [-0.25, -0.2) is 8.42 Å². The van der Waals surface area contributed by atoms with Gasteiger partial charge >= 0.3 is 0 Å². The van der Waals surface area contributed by atoms with Gasteiger partial charge < -0.3 is 5.32 Å². The summed E-state index contributed by atoms with van der Waals surface area (Å²) in [6.45, 7) is 1.51. The largest absolute Gasteiger partial charge is 0.324 e. The number of nitrogens with one attached hydrogen (secondary N) is 1. The van der Waals surface area contributed by atoms with Crippen LogP contribution in [0, 0.1) is 0 Å². The minimum Gasteiger partial charge on any atom is -0.324 e. The standard InChI is InChI=1S/C16H16Cl2N2O3S/c1-11(16(21)19-14-9-12(17)8-13(18)10-14)20(24(2,22)23)15-6-4-3-5-7-15/h3-11H,1-2H3,(H,19,21)/t11-/m1/s1. The van der Waals surface area contributed by atoms with E-state index in [0.717, 1.165) is 10.6 Å². The molecular weight excluding hydrogens is 371 g/mol. The molecule has 0 saturated heterocycles. The van der Waals surface area contributed by atoms with Gasteiger partial charge in [-0.05, 0) is 37.3 Å². The van der Waals surface area contributed by atoms with Gasteiger partial charge in [-0.2, -0.15) is 0 Å². The maximum absolute atomic E-state index is 12.5. The van der Waals surface area contributed by atoms with Crippen molar-refractivity contribution in [3.05, 3.63) is 58.6 Å². The van der Waals surface area contributed by atoms with Crippen LogP contribution in [0.2, 0.25) is 10.0 Å². The van der Waals surface area contributed by atoms with Crippen molar-refractivity contribution in [3.63, 3.8) is 0 Å². The summed E-state index contributed by atoms with van der Waals surface area (Å²) in [5.41, 5.74) is 0.803. The number of hydrogen-bond donors (Lipinski definition) is 1. The van der Waals surface area contributed by atoms with E-state index in [-0.39, 0.29) is 0 Å². The van der Waals surface area contributed by atoms with Gasteiger partial charge in [0.05, 0.1) is 11.9 Å². The van der Waals surface area contributed by atoms with E-state index in [1.54, 1.807) is 30.3 Å². The molecule has 0 fully saturated rings. The Bertz CT molecular complexity index is 821. The Kier molecular flexibility index (Phi) is 5.74. The second-order valence-corrected chi connectivity index (χ2v) is 7.95. The molecule has 24 heavy (non-hydrogen) atoms. The summed E-state index contributed by atoms with van der Waals surface area (Å²) < 4.78 is 25.3. The number of sulfonamides is 1. The summed E-state index contributed by atoms with van der Waals surface area (Å²) in [7, 11) is -3.65. The molecule has 0 unspecified atom stereocenters. The lowest BCUT2D eigenvalue weighted by molar-refractivity contribution is -0.116. The average Bonchev–Trinajstić information content (AvgIpc) is 2.45. The minimum atomic E-state index is -3.65. The van der Waals surface area contributed by atoms with Gasteiger partial charge in [0.15, 0.2) is 0 Å². The van der Waals surface area contributed by atoms with E-state index >= 15 is 0 Å². The molecule has 0 bridgehead atoms. The molecule has 0 aliphatic carbocycles. The number of para-hydroxylation sites is 1. The maximum atomic E-state index is 12.5. The zero-order chi connectivity index (χ0) is 17.9. The van der Waals surface area contributed by atoms with E-state index in [9.17, 15) is 13.2 Å². The first-order valence-corrected chi connectivity index (χ1v) is 9.60. The molecule has 1 atom stereocenters. The van der Waals surface area contributed by atoms with Crippen molar-refractivity contribution in [2.24, 2.45) is 0 Å². The number of carbonyl (C=O) groups is 1. The van der Waals surface area contributed by atoms with Crippen LogP contribution in [0.5, 0.6) is 0 Å². The molecule has 0 heterocycles. The second kappa shape index (κ2) is 7.42. The van der Waals surface area contributed by atoms with Crippen LogP contribution in [-0.2, 0) is 14.8 Å². The zero-order valence-electron chi connectivity index (χ0n) is 13.0. The van der Waals surface area contributed by atoms with Gasteiger partial charge in [-0.3, -0.25) is 9.10 Å². The van der Waals surface area contributed by atoms with Crippen molar-refractivity contribution in [1.29, 1.82) is 0 Å². The van der Waals surface area contributed by atoms with E-state index in [0.29, 0.717) is 21.4 Å². The smallest absolute Gasteiger partial charge is 0.247 e. The maximum Gasteiger partial charge on any atom is 0.247 e. The normalized spacial score (nSPS) is 12.5. The fourth-order valence-corrected chi connectivity index (χ4v) is 3.96. The first-order valence-electron chi connectivity index (χ1n) is 7.00. The predicted octanol–water partition coefficient (Wildman–Crippen LogP) is 3.79. The molecule has 128 valence electrons. The molecule has 5 nitrogen and oxygen atoms in total. The monoisotopic (exact) mass is 386 g/mol. The van der Waals surface area contributed by atoms with E-state index < -0.39 is 22.0 Å². The van der Waals surface area contributed by atoms with Crippen molar-refractivity contribution >= 4 is 50.5 Å². The van der Waals surface area contributed by atoms with Gasteiger partial charge in [0.25, 0.3) is 0 Å². The molecule has 0 radical (unpaired) electrons. The molecule has 2 rings (SSSR count). The zero-order valence-corrected chi connectivity index (χ0v) is 15.4. The highest BCUT2D eigenvalue weighted by Crippen LogP contribution is 2.24. The summed E-state index contributed by atoms with van der Waals surface area (Å²) in [5, 5.41) is 3.37. The molecule has 1 amide bonds. The van der Waals surface area contributed by atoms with Gasteiger partial charge in [0.2, 0.25) is 15.9 Å². The van der Waals surface area contributed by atoms with E-state index in [2.05, 4.69) is 5.32 Å². The molecule has 0 aliphatic rings. The Morgan fingerprint density at radius 3 is 2.12 bits per heavy atom. The lowest BCUT2D eigenvalue weighted by Crippen LogP contribution is -2.45. The summed E-state index contributed by atoms with van der Waals surface area (Å²) in [6, 6.07) is 12.1. The van der Waals surface area contributed by atoms with E-state index in [1.807, 2.05) is 0 Å². The number of benzene rings is 2. The van der Waals surface area contributed by atoms with Crippen molar-refractivity contribution in [1.82, 2.24) is 0 Å². The van der Waals surface area contributed by atoms with Crippen molar-refractivity contribution in [2.45, 2.75) is 13.0 Å². The van der Waals surface area contributed by atoms with Crippen LogP contribution in [-0.4, -0.2) is 26.6 Å². The highest BCUT2D eigenvalue weighted by Gasteiger charge is 2.29. The number of carbonyl (C=O) groups excluding carboxylic acids is 1.